The molecule has 0 unspecified atom stereocenters. The van der Waals surface area contributed by atoms with E-state index < -0.39 is 0 Å². The summed E-state index contributed by atoms with van der Waals surface area (Å²) in [4.78, 5) is 6.74. The van der Waals surface area contributed by atoms with Gasteiger partial charge in [-0.3, -0.25) is 4.99 Å². The van der Waals surface area contributed by atoms with Crippen molar-refractivity contribution in [1.29, 1.82) is 0 Å². The molecule has 2 N–H and O–H groups in total. The van der Waals surface area contributed by atoms with Gasteiger partial charge in [0.05, 0.1) is 7.11 Å². The summed E-state index contributed by atoms with van der Waals surface area (Å²) in [5.41, 5.74) is 1.21. The molecule has 0 atom stereocenters. The van der Waals surface area contributed by atoms with Crippen molar-refractivity contribution in [2.45, 2.75) is 33.1 Å². The van der Waals surface area contributed by atoms with Gasteiger partial charge >= 0.3 is 0 Å². The van der Waals surface area contributed by atoms with Gasteiger partial charge in [0.25, 0.3) is 0 Å². The number of halogens is 1. The van der Waals surface area contributed by atoms with Crippen LogP contribution in [-0.2, 0) is 6.42 Å². The molecule has 1 aromatic rings. The second kappa shape index (κ2) is 15.3. The van der Waals surface area contributed by atoms with Crippen LogP contribution < -0.4 is 15.4 Å². The number of ether oxygens (including phenoxy) is 1. The molecular formula is C19H35IN4O. The third-order valence-electron chi connectivity index (χ3n) is 4.19. The Labute approximate surface area is 170 Å². The van der Waals surface area contributed by atoms with Crippen molar-refractivity contribution in [2.75, 3.05) is 46.9 Å². The molecular weight excluding hydrogens is 427 g/mol. The Kier molecular flexibility index (Phi) is 14.6. The van der Waals surface area contributed by atoms with E-state index in [0.29, 0.717) is 0 Å². The highest BCUT2D eigenvalue weighted by molar-refractivity contribution is 14.0. The topological polar surface area (TPSA) is 48.9 Å². The first-order valence-corrected chi connectivity index (χ1v) is 9.03. The third-order valence-corrected chi connectivity index (χ3v) is 4.19. The van der Waals surface area contributed by atoms with E-state index in [1.807, 2.05) is 25.2 Å². The molecule has 0 aliphatic heterocycles. The molecule has 6 heteroatoms. The largest absolute Gasteiger partial charge is 0.496 e. The van der Waals surface area contributed by atoms with Crippen LogP contribution in [0, 0.1) is 0 Å². The first-order chi connectivity index (χ1) is 11.7. The number of benzene rings is 1. The third kappa shape index (κ3) is 9.89. The second-order valence-corrected chi connectivity index (χ2v) is 5.72. The van der Waals surface area contributed by atoms with Crippen LogP contribution in [0.5, 0.6) is 5.75 Å². The summed E-state index contributed by atoms with van der Waals surface area (Å²) < 4.78 is 5.38. The van der Waals surface area contributed by atoms with Gasteiger partial charge in [0.1, 0.15) is 5.75 Å². The van der Waals surface area contributed by atoms with Crippen molar-refractivity contribution in [3.05, 3.63) is 29.8 Å². The summed E-state index contributed by atoms with van der Waals surface area (Å²) in [6, 6.07) is 8.14. The molecule has 0 aliphatic carbocycles. The summed E-state index contributed by atoms with van der Waals surface area (Å²) in [7, 11) is 3.53. The van der Waals surface area contributed by atoms with Gasteiger partial charge < -0.3 is 20.3 Å². The van der Waals surface area contributed by atoms with Crippen LogP contribution in [0.15, 0.2) is 29.3 Å². The van der Waals surface area contributed by atoms with Gasteiger partial charge in [0.2, 0.25) is 0 Å². The SMILES string of the molecule is CCN(CC)CCCCNC(=NC)NCCc1ccccc1OC.I. The van der Waals surface area contributed by atoms with Crippen LogP contribution in [0.3, 0.4) is 0 Å². The highest BCUT2D eigenvalue weighted by atomic mass is 127. The average molecular weight is 462 g/mol. The Balaban J connectivity index is 0.00000576. The Morgan fingerprint density at radius 1 is 1.08 bits per heavy atom. The molecule has 5 nitrogen and oxygen atoms in total. The molecule has 0 spiro atoms. The first kappa shape index (κ1) is 24.0. The highest BCUT2D eigenvalue weighted by Gasteiger charge is 2.03. The molecule has 0 fully saturated rings. The monoisotopic (exact) mass is 462 g/mol. The number of methoxy groups -OCH3 is 1. The summed E-state index contributed by atoms with van der Waals surface area (Å²) >= 11 is 0. The van der Waals surface area contributed by atoms with Crippen LogP contribution in [-0.4, -0.2) is 57.7 Å². The zero-order valence-corrected chi connectivity index (χ0v) is 18.5. The predicted octanol–water partition coefficient (Wildman–Crippen LogP) is 3.14. The van der Waals surface area contributed by atoms with Gasteiger partial charge in [-0.15, -0.1) is 24.0 Å². The minimum Gasteiger partial charge on any atom is -0.496 e. The number of guanidine groups is 1. The number of hydrogen-bond donors (Lipinski definition) is 2. The van der Waals surface area contributed by atoms with Gasteiger partial charge in [-0.2, -0.15) is 0 Å². The molecule has 0 saturated heterocycles. The van der Waals surface area contributed by atoms with E-state index in [9.17, 15) is 0 Å². The Hall–Kier alpha value is -1.02. The number of para-hydroxylation sites is 1. The Bertz CT molecular complexity index is 478. The lowest BCUT2D eigenvalue weighted by Crippen LogP contribution is -2.39. The maximum Gasteiger partial charge on any atom is 0.190 e. The number of rotatable bonds is 11. The highest BCUT2D eigenvalue weighted by Crippen LogP contribution is 2.17. The van der Waals surface area contributed by atoms with Crippen LogP contribution in [0.1, 0.15) is 32.3 Å². The van der Waals surface area contributed by atoms with Gasteiger partial charge in [-0.05, 0) is 50.5 Å². The maximum atomic E-state index is 5.38. The van der Waals surface area contributed by atoms with Crippen molar-refractivity contribution < 1.29 is 4.74 Å². The lowest BCUT2D eigenvalue weighted by Gasteiger charge is -2.18. The quantitative estimate of drug-likeness (QED) is 0.230. The van der Waals surface area contributed by atoms with E-state index in [1.54, 1.807) is 7.11 Å². The second-order valence-electron chi connectivity index (χ2n) is 5.72. The fraction of sp³-hybridized carbons (Fsp3) is 0.632. The molecule has 0 amide bonds. The molecule has 0 saturated carbocycles. The van der Waals surface area contributed by atoms with E-state index in [0.717, 1.165) is 50.7 Å². The molecule has 1 rings (SSSR count). The van der Waals surface area contributed by atoms with Crippen molar-refractivity contribution in [3.8, 4) is 5.75 Å². The number of nitrogens with one attached hydrogen (secondary N) is 2. The van der Waals surface area contributed by atoms with E-state index in [4.69, 9.17) is 4.74 Å². The molecule has 1 aromatic carbocycles. The average Bonchev–Trinajstić information content (AvgIpc) is 2.63. The lowest BCUT2D eigenvalue weighted by atomic mass is 10.1. The number of nitrogens with zero attached hydrogens (tertiary/aromatic N) is 2. The number of hydrogen-bond acceptors (Lipinski definition) is 3. The van der Waals surface area contributed by atoms with E-state index in [2.05, 4.69) is 40.4 Å². The lowest BCUT2D eigenvalue weighted by molar-refractivity contribution is 0.297. The zero-order valence-electron chi connectivity index (χ0n) is 16.2. The molecule has 25 heavy (non-hydrogen) atoms. The van der Waals surface area contributed by atoms with Crippen molar-refractivity contribution >= 4 is 29.9 Å². The van der Waals surface area contributed by atoms with E-state index >= 15 is 0 Å². The van der Waals surface area contributed by atoms with Gasteiger partial charge in [-0.25, -0.2) is 0 Å². The minimum absolute atomic E-state index is 0. The van der Waals surface area contributed by atoms with E-state index in [-0.39, 0.29) is 24.0 Å². The maximum absolute atomic E-state index is 5.38. The number of unbranched alkanes of at least 4 members (excludes halogenated alkanes) is 1. The Morgan fingerprint density at radius 2 is 1.76 bits per heavy atom. The Morgan fingerprint density at radius 3 is 2.40 bits per heavy atom. The molecule has 144 valence electrons. The fourth-order valence-corrected chi connectivity index (χ4v) is 2.65. The molecule has 0 aromatic heterocycles. The standard InChI is InChI=1S/C19H34N4O.HI/c1-5-23(6-2)16-10-9-14-21-19(20-3)22-15-13-17-11-7-8-12-18(17)24-4;/h7-8,11-12H,5-6,9-10,13-16H2,1-4H3,(H2,20,21,22);1H. The summed E-state index contributed by atoms with van der Waals surface area (Å²) in [6.45, 7) is 9.67. The molecule has 0 aliphatic rings. The van der Waals surface area contributed by atoms with Gasteiger partial charge in [0.15, 0.2) is 5.96 Å². The van der Waals surface area contributed by atoms with Crippen molar-refractivity contribution in [3.63, 3.8) is 0 Å². The smallest absolute Gasteiger partial charge is 0.190 e. The first-order valence-electron chi connectivity index (χ1n) is 9.03. The van der Waals surface area contributed by atoms with Crippen molar-refractivity contribution in [1.82, 2.24) is 15.5 Å². The zero-order chi connectivity index (χ0) is 17.6. The van der Waals surface area contributed by atoms with Gasteiger partial charge in [0, 0.05) is 20.1 Å². The van der Waals surface area contributed by atoms with Crippen molar-refractivity contribution in [2.24, 2.45) is 4.99 Å². The normalized spacial score (nSPS) is 11.2. The summed E-state index contributed by atoms with van der Waals surface area (Å²) in [5.74, 6) is 1.81. The molecule has 0 heterocycles. The molecule has 0 radical (unpaired) electrons. The summed E-state index contributed by atoms with van der Waals surface area (Å²) in [5, 5.41) is 6.75. The summed E-state index contributed by atoms with van der Waals surface area (Å²) in [6.07, 6.45) is 3.28. The number of aliphatic imine (C=N–C) groups is 1. The minimum atomic E-state index is 0. The van der Waals surface area contributed by atoms with Crippen LogP contribution in [0.4, 0.5) is 0 Å². The molecule has 0 bridgehead atoms. The van der Waals surface area contributed by atoms with Crippen LogP contribution in [0.2, 0.25) is 0 Å². The van der Waals surface area contributed by atoms with E-state index in [1.165, 1.54) is 18.5 Å². The predicted molar refractivity (Wildman–Crippen MR) is 118 cm³/mol. The fourth-order valence-electron chi connectivity index (χ4n) is 2.65. The van der Waals surface area contributed by atoms with Crippen LogP contribution >= 0.6 is 24.0 Å². The van der Waals surface area contributed by atoms with Crippen LogP contribution in [0.25, 0.3) is 0 Å². The van der Waals surface area contributed by atoms with Gasteiger partial charge in [-0.1, -0.05) is 32.0 Å².